The predicted molar refractivity (Wildman–Crippen MR) is 72.0 cm³/mol. The van der Waals surface area contributed by atoms with Crippen molar-refractivity contribution in [2.45, 2.75) is 44.6 Å². The number of halogens is 1. The summed E-state index contributed by atoms with van der Waals surface area (Å²) >= 11 is 0. The zero-order valence-corrected chi connectivity index (χ0v) is 11.3. The van der Waals surface area contributed by atoms with Crippen molar-refractivity contribution >= 4 is 18.4 Å². The zero-order valence-electron chi connectivity index (χ0n) is 10.5. The quantitative estimate of drug-likeness (QED) is 0.541. The van der Waals surface area contributed by atoms with Crippen molar-refractivity contribution in [1.29, 1.82) is 0 Å². The second-order valence-corrected chi connectivity index (χ2v) is 4.56. The molecule has 0 atom stereocenters. The highest BCUT2D eigenvalue weighted by Crippen LogP contribution is 2.19. The first-order chi connectivity index (χ1) is 7.29. The third-order valence-electron chi connectivity index (χ3n) is 2.76. The van der Waals surface area contributed by atoms with Gasteiger partial charge in [-0.1, -0.05) is 19.3 Å². The molecule has 3 nitrogen and oxygen atoms in total. The lowest BCUT2D eigenvalue weighted by Crippen LogP contribution is -2.13. The van der Waals surface area contributed by atoms with E-state index in [1.165, 1.54) is 32.1 Å². The van der Waals surface area contributed by atoms with Gasteiger partial charge in [-0.15, -0.1) is 12.4 Å². The van der Waals surface area contributed by atoms with E-state index in [1.54, 1.807) is 0 Å². The van der Waals surface area contributed by atoms with Crippen LogP contribution < -0.4 is 0 Å². The highest BCUT2D eigenvalue weighted by molar-refractivity contribution is 5.85. The van der Waals surface area contributed by atoms with Crippen molar-refractivity contribution in [1.82, 2.24) is 4.90 Å². The average Bonchev–Trinajstić information content (AvgIpc) is 2.24. The van der Waals surface area contributed by atoms with Gasteiger partial charge in [-0.25, -0.2) is 9.98 Å². The fourth-order valence-electron chi connectivity index (χ4n) is 1.85. The van der Waals surface area contributed by atoms with Crippen LogP contribution in [-0.4, -0.2) is 44.1 Å². The predicted octanol–water partition coefficient (Wildman–Crippen LogP) is 2.87. The summed E-state index contributed by atoms with van der Waals surface area (Å²) in [6.45, 7) is 1.95. The van der Waals surface area contributed by atoms with Crippen molar-refractivity contribution in [2.75, 3.05) is 27.2 Å². The van der Waals surface area contributed by atoms with Gasteiger partial charge < -0.3 is 4.90 Å². The van der Waals surface area contributed by atoms with Crippen molar-refractivity contribution in [2.24, 2.45) is 9.98 Å². The van der Waals surface area contributed by atoms with Gasteiger partial charge in [0.05, 0.1) is 18.6 Å². The molecule has 1 aliphatic rings. The molecule has 0 amide bonds. The Balaban J connectivity index is 0.00000225. The summed E-state index contributed by atoms with van der Waals surface area (Å²) in [6, 6.07) is 3.37. The second kappa shape index (κ2) is 9.83. The molecule has 1 rings (SSSR count). The molecule has 0 aromatic rings. The summed E-state index contributed by atoms with van der Waals surface area (Å²) in [6.07, 6.45) is 7.61. The third-order valence-corrected chi connectivity index (χ3v) is 2.76. The summed E-state index contributed by atoms with van der Waals surface area (Å²) in [7, 11) is 4.17. The molecule has 1 aliphatic carbocycles. The Labute approximate surface area is 105 Å². The van der Waals surface area contributed by atoms with Crippen LogP contribution >= 0.6 is 12.4 Å². The molecule has 94 valence electrons. The van der Waals surface area contributed by atoms with Gasteiger partial charge in [0.2, 0.25) is 0 Å². The molecular weight excluding hydrogens is 222 g/mol. The smallest absolute Gasteiger partial charge is 0.0895 e. The van der Waals surface area contributed by atoms with Crippen LogP contribution in [0.1, 0.15) is 38.5 Å². The fraction of sp³-hybridized carbons (Fsp3) is 0.917. The largest absolute Gasteiger partial charge is 0.309 e. The first-order valence-corrected chi connectivity index (χ1v) is 6.05. The van der Waals surface area contributed by atoms with E-state index in [2.05, 4.69) is 35.0 Å². The van der Waals surface area contributed by atoms with Gasteiger partial charge in [0.25, 0.3) is 0 Å². The molecule has 0 unspecified atom stereocenters. The van der Waals surface area contributed by atoms with Gasteiger partial charge in [-0.05, 0) is 39.9 Å². The highest BCUT2D eigenvalue weighted by atomic mass is 35.5. The molecule has 16 heavy (non-hydrogen) atoms. The van der Waals surface area contributed by atoms with Crippen LogP contribution in [0, 0.1) is 0 Å². The molecular formula is C12H24ClN3. The molecule has 0 aromatic heterocycles. The van der Waals surface area contributed by atoms with E-state index in [-0.39, 0.29) is 12.4 Å². The molecule has 0 spiro atoms. The Hall–Kier alpha value is -0.370. The molecule has 4 heteroatoms. The van der Waals surface area contributed by atoms with E-state index in [1.807, 2.05) is 0 Å². The Morgan fingerprint density at radius 3 is 2.50 bits per heavy atom. The Morgan fingerprint density at radius 2 is 1.88 bits per heavy atom. The van der Waals surface area contributed by atoms with E-state index in [9.17, 15) is 0 Å². The van der Waals surface area contributed by atoms with E-state index in [0.29, 0.717) is 6.04 Å². The van der Waals surface area contributed by atoms with Crippen molar-refractivity contribution < 1.29 is 0 Å². The minimum atomic E-state index is 0. The van der Waals surface area contributed by atoms with Crippen LogP contribution in [0.2, 0.25) is 0 Å². The van der Waals surface area contributed by atoms with E-state index >= 15 is 0 Å². The summed E-state index contributed by atoms with van der Waals surface area (Å²) in [5.74, 6) is 0. The van der Waals surface area contributed by atoms with Gasteiger partial charge >= 0.3 is 0 Å². The minimum absolute atomic E-state index is 0. The molecule has 0 aromatic carbocycles. The third kappa shape index (κ3) is 7.86. The molecule has 1 saturated carbocycles. The zero-order chi connectivity index (χ0) is 10.9. The van der Waals surface area contributed by atoms with Crippen LogP contribution in [-0.2, 0) is 0 Å². The maximum Gasteiger partial charge on any atom is 0.0895 e. The molecule has 0 N–H and O–H groups in total. The first-order valence-electron chi connectivity index (χ1n) is 6.05. The maximum atomic E-state index is 4.37. The van der Waals surface area contributed by atoms with Crippen molar-refractivity contribution in [3.8, 4) is 0 Å². The molecule has 0 aliphatic heterocycles. The molecule has 0 saturated heterocycles. The normalized spacial score (nSPS) is 16.4. The van der Waals surface area contributed by atoms with Crippen LogP contribution in [0.3, 0.4) is 0 Å². The summed E-state index contributed by atoms with van der Waals surface area (Å²) < 4.78 is 0. The summed E-state index contributed by atoms with van der Waals surface area (Å²) in [5.41, 5.74) is 0. The number of hydrogen-bond donors (Lipinski definition) is 0. The summed E-state index contributed by atoms with van der Waals surface area (Å²) in [4.78, 5) is 10.7. The molecule has 1 fully saturated rings. The lowest BCUT2D eigenvalue weighted by molar-refractivity contribution is 0.403. The van der Waals surface area contributed by atoms with Crippen LogP contribution in [0.4, 0.5) is 0 Å². The first kappa shape index (κ1) is 15.6. The monoisotopic (exact) mass is 245 g/mol. The maximum absolute atomic E-state index is 4.37. The Bertz CT molecular complexity index is 216. The van der Waals surface area contributed by atoms with E-state index in [4.69, 9.17) is 0 Å². The lowest BCUT2D eigenvalue weighted by Gasteiger charge is -2.15. The minimum Gasteiger partial charge on any atom is -0.309 e. The van der Waals surface area contributed by atoms with E-state index < -0.39 is 0 Å². The lowest BCUT2D eigenvalue weighted by atomic mass is 9.96. The van der Waals surface area contributed by atoms with Crippen LogP contribution in [0.25, 0.3) is 0 Å². The fourth-order valence-corrected chi connectivity index (χ4v) is 1.85. The molecule has 0 heterocycles. The van der Waals surface area contributed by atoms with E-state index in [0.717, 1.165) is 19.5 Å². The topological polar surface area (TPSA) is 28.0 Å². The van der Waals surface area contributed by atoms with Gasteiger partial charge in [-0.3, -0.25) is 0 Å². The van der Waals surface area contributed by atoms with Crippen molar-refractivity contribution in [3.63, 3.8) is 0 Å². The number of aliphatic imine (C=N–C) groups is 2. The van der Waals surface area contributed by atoms with Gasteiger partial charge in [-0.2, -0.15) is 0 Å². The average molecular weight is 246 g/mol. The highest BCUT2D eigenvalue weighted by Gasteiger charge is 2.10. The summed E-state index contributed by atoms with van der Waals surface area (Å²) in [5, 5.41) is 0. The standard InChI is InChI=1S/C12H23N3.ClH/c1-15(2)10-6-9-13-11-14-12-7-4-3-5-8-12;/h12H,3-10H2,1-2H3;1H. The second-order valence-electron chi connectivity index (χ2n) is 4.56. The van der Waals surface area contributed by atoms with Crippen molar-refractivity contribution in [3.05, 3.63) is 0 Å². The molecule has 0 bridgehead atoms. The number of hydrogen-bond acceptors (Lipinski definition) is 3. The van der Waals surface area contributed by atoms with Gasteiger partial charge in [0.1, 0.15) is 0 Å². The van der Waals surface area contributed by atoms with Crippen LogP contribution in [0.15, 0.2) is 9.98 Å². The van der Waals surface area contributed by atoms with Crippen LogP contribution in [0.5, 0.6) is 0 Å². The van der Waals surface area contributed by atoms with Gasteiger partial charge in [0, 0.05) is 0 Å². The SMILES string of the molecule is CN(C)CCCN=C=NC1CCCCC1.Cl. The number of nitrogens with zero attached hydrogens (tertiary/aromatic N) is 3. The number of rotatable bonds is 5. The molecule has 0 radical (unpaired) electrons. The van der Waals surface area contributed by atoms with Gasteiger partial charge in [0.15, 0.2) is 0 Å². The Kier molecular flexibility index (Phi) is 9.60. The Morgan fingerprint density at radius 1 is 1.19 bits per heavy atom.